The molecular formula is C17H26O6. The lowest BCUT2D eigenvalue weighted by Crippen LogP contribution is -2.01. The number of hydrogen-bond acceptors (Lipinski definition) is 3. The van der Waals surface area contributed by atoms with Crippen molar-refractivity contribution in [2.45, 2.75) is 52.9 Å². The van der Waals surface area contributed by atoms with Crippen LogP contribution in [0.15, 0.2) is 35.5 Å². The molecule has 6 heteroatoms. The largest absolute Gasteiger partial charge is 0.478 e. The van der Waals surface area contributed by atoms with E-state index in [1.165, 1.54) is 13.0 Å². The van der Waals surface area contributed by atoms with E-state index >= 15 is 0 Å². The standard InChI is InChI=1S/C12H18O4.C5H8O2/c1-3-4-5-6-10(12(15)16)8-7-9(2)11(13)14;1-3-4(2)5(6)7/h6-7H,3-5,8H2,1-2H3,(H,13,14)(H,15,16);2-3H2,1H3,(H,6,7). The number of unbranched alkanes of at least 4 members (excludes halogenated alkanes) is 2. The zero-order chi connectivity index (χ0) is 18.4. The van der Waals surface area contributed by atoms with Gasteiger partial charge in [0.2, 0.25) is 0 Å². The highest BCUT2D eigenvalue weighted by molar-refractivity contribution is 5.88. The van der Waals surface area contributed by atoms with Gasteiger partial charge in [-0.15, -0.1) is 0 Å². The summed E-state index contributed by atoms with van der Waals surface area (Å²) in [5.41, 5.74) is 0.691. The molecule has 0 spiro atoms. The molecule has 0 rings (SSSR count). The van der Waals surface area contributed by atoms with Gasteiger partial charge in [-0.2, -0.15) is 0 Å². The van der Waals surface area contributed by atoms with E-state index in [0.29, 0.717) is 6.42 Å². The van der Waals surface area contributed by atoms with Crippen LogP contribution >= 0.6 is 0 Å². The Morgan fingerprint density at radius 1 is 0.957 bits per heavy atom. The van der Waals surface area contributed by atoms with Gasteiger partial charge >= 0.3 is 17.9 Å². The number of aliphatic carboxylic acids is 3. The topological polar surface area (TPSA) is 112 Å². The number of hydrogen-bond donors (Lipinski definition) is 3. The van der Waals surface area contributed by atoms with Crippen molar-refractivity contribution in [2.75, 3.05) is 0 Å². The highest BCUT2D eigenvalue weighted by Crippen LogP contribution is 2.09. The molecule has 0 aromatic rings. The van der Waals surface area contributed by atoms with Crippen LogP contribution < -0.4 is 0 Å². The van der Waals surface area contributed by atoms with E-state index in [2.05, 4.69) is 6.58 Å². The monoisotopic (exact) mass is 326 g/mol. The third-order valence-corrected chi connectivity index (χ3v) is 2.92. The van der Waals surface area contributed by atoms with Crippen molar-refractivity contribution in [1.82, 2.24) is 0 Å². The summed E-state index contributed by atoms with van der Waals surface area (Å²) in [7, 11) is 0. The van der Waals surface area contributed by atoms with Gasteiger partial charge in [-0.25, -0.2) is 14.4 Å². The molecule has 3 N–H and O–H groups in total. The number of carboxylic acid groups (broad SMARTS) is 3. The van der Waals surface area contributed by atoms with Gasteiger partial charge in [0.25, 0.3) is 0 Å². The first-order valence-electron chi connectivity index (χ1n) is 7.40. The second-order valence-corrected chi connectivity index (χ2v) is 4.84. The van der Waals surface area contributed by atoms with Crippen molar-refractivity contribution in [3.63, 3.8) is 0 Å². The summed E-state index contributed by atoms with van der Waals surface area (Å²) >= 11 is 0. The SMILES string of the molecule is C=C(CC)C(=O)O.CCCCC=C(CC=C(C)C(=O)O)C(=O)O. The normalized spacial score (nSPS) is 11.3. The Labute approximate surface area is 136 Å². The fourth-order valence-electron chi connectivity index (χ4n) is 1.24. The minimum Gasteiger partial charge on any atom is -0.478 e. The van der Waals surface area contributed by atoms with E-state index < -0.39 is 17.9 Å². The Bertz CT molecular complexity index is 485. The number of allylic oxidation sites excluding steroid dienone is 2. The van der Waals surface area contributed by atoms with Crippen LogP contribution in [0, 0.1) is 0 Å². The number of carbonyl (C=O) groups is 3. The van der Waals surface area contributed by atoms with Gasteiger partial charge in [-0.1, -0.05) is 45.4 Å². The van der Waals surface area contributed by atoms with Gasteiger partial charge in [0.15, 0.2) is 0 Å². The second-order valence-electron chi connectivity index (χ2n) is 4.84. The molecule has 130 valence electrons. The lowest BCUT2D eigenvalue weighted by Gasteiger charge is -1.99. The Morgan fingerprint density at radius 3 is 1.83 bits per heavy atom. The Morgan fingerprint density at radius 2 is 1.52 bits per heavy atom. The predicted molar refractivity (Wildman–Crippen MR) is 88.3 cm³/mol. The first-order chi connectivity index (χ1) is 10.7. The molecule has 0 aliphatic rings. The minimum absolute atomic E-state index is 0.164. The zero-order valence-electron chi connectivity index (χ0n) is 14.0. The van der Waals surface area contributed by atoms with Crippen LogP contribution in [-0.4, -0.2) is 33.2 Å². The molecule has 0 heterocycles. The highest BCUT2D eigenvalue weighted by atomic mass is 16.4. The van der Waals surface area contributed by atoms with E-state index in [1.807, 2.05) is 6.92 Å². The van der Waals surface area contributed by atoms with Crippen LogP contribution in [0.5, 0.6) is 0 Å². The van der Waals surface area contributed by atoms with Crippen LogP contribution in [-0.2, 0) is 14.4 Å². The molecule has 0 bridgehead atoms. The molecule has 0 radical (unpaired) electrons. The molecule has 0 atom stereocenters. The van der Waals surface area contributed by atoms with E-state index in [4.69, 9.17) is 15.3 Å². The van der Waals surface area contributed by atoms with Crippen LogP contribution in [0.25, 0.3) is 0 Å². The molecule has 23 heavy (non-hydrogen) atoms. The Kier molecular flexibility index (Phi) is 13.2. The predicted octanol–water partition coefficient (Wildman–Crippen LogP) is 3.65. The zero-order valence-corrected chi connectivity index (χ0v) is 14.0. The number of carboxylic acids is 3. The fraction of sp³-hybridized carbons (Fsp3) is 0.471. The molecule has 0 fully saturated rings. The van der Waals surface area contributed by atoms with Crippen molar-refractivity contribution in [1.29, 1.82) is 0 Å². The molecule has 6 nitrogen and oxygen atoms in total. The molecule has 0 aliphatic heterocycles. The lowest BCUT2D eigenvalue weighted by molar-refractivity contribution is -0.133. The summed E-state index contributed by atoms with van der Waals surface area (Å²) in [5, 5.41) is 25.6. The van der Waals surface area contributed by atoms with Crippen molar-refractivity contribution in [3.8, 4) is 0 Å². The smallest absolute Gasteiger partial charge is 0.331 e. The van der Waals surface area contributed by atoms with Crippen LogP contribution in [0.2, 0.25) is 0 Å². The lowest BCUT2D eigenvalue weighted by atomic mass is 10.1. The van der Waals surface area contributed by atoms with Crippen LogP contribution in [0.1, 0.15) is 52.9 Å². The summed E-state index contributed by atoms with van der Waals surface area (Å²) in [5.74, 6) is -2.90. The summed E-state index contributed by atoms with van der Waals surface area (Å²) in [6.07, 6.45) is 6.45. The van der Waals surface area contributed by atoms with Crippen molar-refractivity contribution in [2.24, 2.45) is 0 Å². The summed E-state index contributed by atoms with van der Waals surface area (Å²) < 4.78 is 0. The average molecular weight is 326 g/mol. The minimum atomic E-state index is -1.02. The van der Waals surface area contributed by atoms with Crippen LogP contribution in [0.4, 0.5) is 0 Å². The van der Waals surface area contributed by atoms with E-state index in [0.717, 1.165) is 19.3 Å². The van der Waals surface area contributed by atoms with Gasteiger partial charge in [-0.05, 0) is 26.2 Å². The van der Waals surface area contributed by atoms with Gasteiger partial charge in [0.1, 0.15) is 0 Å². The van der Waals surface area contributed by atoms with Gasteiger partial charge in [0, 0.05) is 16.7 Å². The van der Waals surface area contributed by atoms with Crippen molar-refractivity contribution >= 4 is 17.9 Å². The van der Waals surface area contributed by atoms with Gasteiger partial charge in [-0.3, -0.25) is 0 Å². The van der Waals surface area contributed by atoms with E-state index in [1.54, 1.807) is 13.0 Å². The fourth-order valence-corrected chi connectivity index (χ4v) is 1.24. The molecule has 0 unspecified atom stereocenters. The molecular weight excluding hydrogens is 300 g/mol. The van der Waals surface area contributed by atoms with Gasteiger partial charge < -0.3 is 15.3 Å². The van der Waals surface area contributed by atoms with Crippen LogP contribution in [0.3, 0.4) is 0 Å². The molecule has 0 aromatic carbocycles. The van der Waals surface area contributed by atoms with Gasteiger partial charge in [0.05, 0.1) is 0 Å². The maximum absolute atomic E-state index is 10.8. The van der Waals surface area contributed by atoms with Crippen molar-refractivity contribution in [3.05, 3.63) is 35.5 Å². The first kappa shape index (κ1) is 22.9. The summed E-state index contributed by atoms with van der Waals surface area (Å²) in [6.45, 7) is 8.52. The van der Waals surface area contributed by atoms with E-state index in [9.17, 15) is 14.4 Å². The summed E-state index contributed by atoms with van der Waals surface area (Å²) in [6, 6.07) is 0. The van der Waals surface area contributed by atoms with Crippen molar-refractivity contribution < 1.29 is 29.7 Å². The second kappa shape index (κ2) is 13.3. The quantitative estimate of drug-likeness (QED) is 0.440. The Balaban J connectivity index is 0. The molecule has 0 aromatic heterocycles. The maximum atomic E-state index is 10.8. The number of rotatable bonds is 9. The average Bonchev–Trinajstić information content (AvgIpc) is 2.49. The molecule has 0 aliphatic carbocycles. The third-order valence-electron chi connectivity index (χ3n) is 2.92. The molecule has 0 saturated carbocycles. The first-order valence-corrected chi connectivity index (χ1v) is 7.40. The van der Waals surface area contributed by atoms with E-state index in [-0.39, 0.29) is 23.1 Å². The third kappa shape index (κ3) is 13.0. The molecule has 0 saturated heterocycles. The Hall–Kier alpha value is -2.37. The summed E-state index contributed by atoms with van der Waals surface area (Å²) in [4.78, 5) is 31.2. The maximum Gasteiger partial charge on any atom is 0.331 e. The highest BCUT2D eigenvalue weighted by Gasteiger charge is 2.06. The molecule has 0 amide bonds.